The average Bonchev–Trinajstić information content (AvgIpc) is 2.43. The molecule has 7 heteroatoms. The summed E-state index contributed by atoms with van der Waals surface area (Å²) in [7, 11) is -3.80. The molecule has 2 aromatic rings. The van der Waals surface area contributed by atoms with Gasteiger partial charge >= 0.3 is 0 Å². The molecule has 0 bridgehead atoms. The Labute approximate surface area is 128 Å². The van der Waals surface area contributed by atoms with E-state index >= 15 is 0 Å². The predicted octanol–water partition coefficient (Wildman–Crippen LogP) is 3.12. The Balaban J connectivity index is 2.39. The highest BCUT2D eigenvalue weighted by Crippen LogP contribution is 2.28. The fourth-order valence-electron chi connectivity index (χ4n) is 1.74. The van der Waals surface area contributed by atoms with Crippen molar-refractivity contribution in [2.75, 3.05) is 17.1 Å². The molecular formula is C14H15ClN2O3S. The van der Waals surface area contributed by atoms with Gasteiger partial charge in [-0.15, -0.1) is 0 Å². The van der Waals surface area contributed by atoms with Crippen LogP contribution < -0.4 is 15.2 Å². The van der Waals surface area contributed by atoms with E-state index in [9.17, 15) is 8.42 Å². The van der Waals surface area contributed by atoms with Gasteiger partial charge in [-0.25, -0.2) is 8.42 Å². The third-order valence-corrected chi connectivity index (χ3v) is 4.31. The van der Waals surface area contributed by atoms with Gasteiger partial charge in [0.25, 0.3) is 10.0 Å². The van der Waals surface area contributed by atoms with Crippen LogP contribution in [0.5, 0.6) is 5.75 Å². The summed E-state index contributed by atoms with van der Waals surface area (Å²) in [6, 6.07) is 10.8. The molecule has 0 fully saturated rings. The normalized spacial score (nSPS) is 11.1. The molecule has 0 amide bonds. The van der Waals surface area contributed by atoms with E-state index in [1.165, 1.54) is 12.1 Å². The highest BCUT2D eigenvalue weighted by atomic mass is 35.5. The minimum absolute atomic E-state index is 0.000648. The molecule has 0 spiro atoms. The average molecular weight is 327 g/mol. The summed E-state index contributed by atoms with van der Waals surface area (Å²) in [6.07, 6.45) is 0. The first kappa shape index (κ1) is 15.5. The lowest BCUT2D eigenvalue weighted by Crippen LogP contribution is -2.14. The van der Waals surface area contributed by atoms with E-state index in [1.807, 2.05) is 0 Å². The zero-order valence-corrected chi connectivity index (χ0v) is 12.9. The van der Waals surface area contributed by atoms with Gasteiger partial charge in [-0.3, -0.25) is 4.72 Å². The highest BCUT2D eigenvalue weighted by Gasteiger charge is 2.20. The maximum atomic E-state index is 12.5. The zero-order chi connectivity index (χ0) is 15.5. The number of nitrogen functional groups attached to an aromatic ring is 1. The molecule has 2 aromatic carbocycles. The Morgan fingerprint density at radius 2 is 1.86 bits per heavy atom. The van der Waals surface area contributed by atoms with Crippen molar-refractivity contribution >= 4 is 33.0 Å². The van der Waals surface area contributed by atoms with Crippen LogP contribution in [-0.2, 0) is 10.0 Å². The summed E-state index contributed by atoms with van der Waals surface area (Å²) in [6.45, 7) is 2.13. The van der Waals surface area contributed by atoms with E-state index in [1.54, 1.807) is 37.3 Å². The first-order valence-electron chi connectivity index (χ1n) is 6.23. The van der Waals surface area contributed by atoms with Gasteiger partial charge < -0.3 is 10.5 Å². The topological polar surface area (TPSA) is 81.4 Å². The third kappa shape index (κ3) is 3.80. The summed E-state index contributed by atoms with van der Waals surface area (Å²) >= 11 is 5.77. The molecule has 0 saturated heterocycles. The number of ether oxygens (including phenoxy) is 1. The molecule has 112 valence electrons. The van der Waals surface area contributed by atoms with Crippen LogP contribution in [0.25, 0.3) is 0 Å². The van der Waals surface area contributed by atoms with Crippen LogP contribution >= 0.6 is 11.6 Å². The van der Waals surface area contributed by atoms with Crippen molar-refractivity contribution < 1.29 is 13.2 Å². The Morgan fingerprint density at radius 3 is 2.48 bits per heavy atom. The largest absolute Gasteiger partial charge is 0.492 e. The van der Waals surface area contributed by atoms with Gasteiger partial charge in [0.1, 0.15) is 10.6 Å². The number of sulfonamides is 1. The van der Waals surface area contributed by atoms with E-state index in [0.29, 0.717) is 23.0 Å². The Morgan fingerprint density at radius 1 is 1.19 bits per heavy atom. The first-order valence-corrected chi connectivity index (χ1v) is 8.09. The lowest BCUT2D eigenvalue weighted by Gasteiger charge is -2.13. The number of nitrogens with one attached hydrogen (secondary N) is 1. The van der Waals surface area contributed by atoms with Crippen LogP contribution in [0.15, 0.2) is 47.4 Å². The Hall–Kier alpha value is -1.92. The van der Waals surface area contributed by atoms with Gasteiger partial charge in [-0.05, 0) is 49.4 Å². The van der Waals surface area contributed by atoms with Gasteiger partial charge in [-0.2, -0.15) is 0 Å². The SMILES string of the molecule is CCOc1ccc(N)cc1S(=O)(=O)Nc1ccc(Cl)cc1. The summed E-state index contributed by atoms with van der Waals surface area (Å²) in [5.41, 5.74) is 6.42. The number of hydrogen-bond donors (Lipinski definition) is 2. The molecule has 21 heavy (non-hydrogen) atoms. The molecule has 3 N–H and O–H groups in total. The van der Waals surface area contributed by atoms with Crippen LogP contribution in [0.1, 0.15) is 6.92 Å². The molecule has 0 aliphatic rings. The number of benzene rings is 2. The second-order valence-corrected chi connectivity index (χ2v) is 6.34. The molecular weight excluding hydrogens is 312 g/mol. The lowest BCUT2D eigenvalue weighted by molar-refractivity contribution is 0.331. The summed E-state index contributed by atoms with van der Waals surface area (Å²) in [4.78, 5) is -0.000648. The Bertz CT molecular complexity index is 730. The van der Waals surface area contributed by atoms with Gasteiger partial charge in [0, 0.05) is 16.4 Å². The van der Waals surface area contributed by atoms with Crippen molar-refractivity contribution in [1.82, 2.24) is 0 Å². The molecule has 0 aliphatic carbocycles. The van der Waals surface area contributed by atoms with Crippen LogP contribution in [0.3, 0.4) is 0 Å². The standard InChI is InChI=1S/C14H15ClN2O3S/c1-2-20-13-8-5-11(16)9-14(13)21(18,19)17-12-6-3-10(15)4-7-12/h3-9,17H,2,16H2,1H3. The van der Waals surface area contributed by atoms with Crippen molar-refractivity contribution in [3.63, 3.8) is 0 Å². The van der Waals surface area contributed by atoms with Gasteiger partial charge in [-0.1, -0.05) is 11.6 Å². The lowest BCUT2D eigenvalue weighted by atomic mass is 10.3. The van der Waals surface area contributed by atoms with E-state index in [-0.39, 0.29) is 10.6 Å². The highest BCUT2D eigenvalue weighted by molar-refractivity contribution is 7.92. The van der Waals surface area contributed by atoms with Crippen molar-refractivity contribution in [3.8, 4) is 5.75 Å². The maximum Gasteiger partial charge on any atom is 0.265 e. The van der Waals surface area contributed by atoms with Crippen LogP contribution in [0.4, 0.5) is 11.4 Å². The predicted molar refractivity (Wildman–Crippen MR) is 84.3 cm³/mol. The van der Waals surface area contributed by atoms with Crippen molar-refractivity contribution in [3.05, 3.63) is 47.5 Å². The molecule has 0 heterocycles. The third-order valence-electron chi connectivity index (χ3n) is 2.65. The minimum atomic E-state index is -3.80. The van der Waals surface area contributed by atoms with Gasteiger partial charge in [0.2, 0.25) is 0 Å². The summed E-state index contributed by atoms with van der Waals surface area (Å²) in [5, 5.41) is 0.525. The zero-order valence-electron chi connectivity index (χ0n) is 11.3. The minimum Gasteiger partial charge on any atom is -0.492 e. The van der Waals surface area contributed by atoms with Crippen LogP contribution in [-0.4, -0.2) is 15.0 Å². The molecule has 0 saturated carbocycles. The Kier molecular flexibility index (Phi) is 4.59. The van der Waals surface area contributed by atoms with E-state index < -0.39 is 10.0 Å². The van der Waals surface area contributed by atoms with Gasteiger partial charge in [0.15, 0.2) is 0 Å². The fourth-order valence-corrected chi connectivity index (χ4v) is 3.10. The number of anilines is 2. The van der Waals surface area contributed by atoms with E-state index in [0.717, 1.165) is 0 Å². The molecule has 5 nitrogen and oxygen atoms in total. The summed E-state index contributed by atoms with van der Waals surface area (Å²) in [5.74, 6) is 0.258. The fraction of sp³-hybridized carbons (Fsp3) is 0.143. The second-order valence-electron chi connectivity index (χ2n) is 4.25. The van der Waals surface area contributed by atoms with Crippen LogP contribution in [0.2, 0.25) is 5.02 Å². The van der Waals surface area contributed by atoms with E-state index in [4.69, 9.17) is 22.1 Å². The van der Waals surface area contributed by atoms with Crippen molar-refractivity contribution in [1.29, 1.82) is 0 Å². The molecule has 0 radical (unpaired) electrons. The van der Waals surface area contributed by atoms with Crippen LogP contribution in [0, 0.1) is 0 Å². The maximum absolute atomic E-state index is 12.5. The molecule has 2 rings (SSSR count). The quantitative estimate of drug-likeness (QED) is 0.827. The first-order chi connectivity index (χ1) is 9.92. The molecule has 0 unspecified atom stereocenters. The van der Waals surface area contributed by atoms with Gasteiger partial charge in [0.05, 0.1) is 6.61 Å². The van der Waals surface area contributed by atoms with Crippen molar-refractivity contribution in [2.45, 2.75) is 11.8 Å². The number of halogens is 1. The summed E-state index contributed by atoms with van der Waals surface area (Å²) < 4.78 is 32.7. The molecule has 0 aromatic heterocycles. The smallest absolute Gasteiger partial charge is 0.265 e. The second kappa shape index (κ2) is 6.24. The molecule has 0 aliphatic heterocycles. The number of rotatable bonds is 5. The number of nitrogens with two attached hydrogens (primary N) is 1. The molecule has 0 atom stereocenters. The van der Waals surface area contributed by atoms with Crippen molar-refractivity contribution in [2.24, 2.45) is 0 Å². The van der Waals surface area contributed by atoms with E-state index in [2.05, 4.69) is 4.72 Å². The number of hydrogen-bond acceptors (Lipinski definition) is 4. The monoisotopic (exact) mass is 326 g/mol.